The average Bonchev–Trinajstić information content (AvgIpc) is 3.04. The number of nitrogens with one attached hydrogen (secondary N) is 2. The lowest BCUT2D eigenvalue weighted by Crippen LogP contribution is -2.06. The van der Waals surface area contributed by atoms with Crippen LogP contribution in [0.4, 0.5) is 24.7 Å². The summed E-state index contributed by atoms with van der Waals surface area (Å²) >= 11 is 0. The Morgan fingerprint density at radius 3 is 2.50 bits per heavy atom. The van der Waals surface area contributed by atoms with Crippen LogP contribution >= 0.6 is 0 Å². The molecule has 2 heterocycles. The Morgan fingerprint density at radius 1 is 1.00 bits per heavy atom. The number of alkyl halides is 3. The smallest absolute Gasteiger partial charge is 0.449 e. The number of rotatable bonds is 3. The van der Waals surface area contributed by atoms with Crippen molar-refractivity contribution in [3.8, 4) is 5.88 Å². The summed E-state index contributed by atoms with van der Waals surface area (Å²) in [6, 6.07) is 13.4. The zero-order valence-electron chi connectivity index (χ0n) is 13.4. The van der Waals surface area contributed by atoms with Crippen LogP contribution in [0.3, 0.4) is 0 Å². The van der Waals surface area contributed by atoms with Gasteiger partial charge in [0.2, 0.25) is 5.82 Å². The summed E-state index contributed by atoms with van der Waals surface area (Å²) < 4.78 is 43.6. The fourth-order valence-electron chi connectivity index (χ4n) is 2.58. The number of methoxy groups -OCH3 is 1. The molecule has 0 aliphatic rings. The van der Waals surface area contributed by atoms with Crippen LogP contribution in [0, 0.1) is 0 Å². The second-order valence-electron chi connectivity index (χ2n) is 5.52. The van der Waals surface area contributed by atoms with Crippen molar-refractivity contribution in [2.75, 3.05) is 12.4 Å². The summed E-state index contributed by atoms with van der Waals surface area (Å²) in [6.45, 7) is 0. The minimum atomic E-state index is -4.61. The van der Waals surface area contributed by atoms with Gasteiger partial charge >= 0.3 is 6.18 Å². The maximum Gasteiger partial charge on any atom is 0.449 e. The molecule has 0 amide bonds. The Bertz CT molecular complexity index is 1110. The van der Waals surface area contributed by atoms with E-state index in [1.165, 1.54) is 7.11 Å². The van der Waals surface area contributed by atoms with E-state index in [1.54, 1.807) is 0 Å². The van der Waals surface area contributed by atoms with Crippen LogP contribution in [0.15, 0.2) is 42.5 Å². The van der Waals surface area contributed by atoms with E-state index in [-0.39, 0.29) is 23.0 Å². The number of benzene rings is 2. The Kier molecular flexibility index (Phi) is 3.64. The number of anilines is 2. The highest BCUT2D eigenvalue weighted by molar-refractivity contribution is 5.86. The number of aromatic amines is 1. The first-order chi connectivity index (χ1) is 12.4. The number of nitrogens with zero attached hydrogens (tertiary/aromatic N) is 3. The molecule has 0 radical (unpaired) electrons. The molecule has 0 spiro atoms. The van der Waals surface area contributed by atoms with E-state index in [0.29, 0.717) is 5.69 Å². The number of H-pyrrole nitrogens is 1. The van der Waals surface area contributed by atoms with E-state index < -0.39 is 12.0 Å². The zero-order valence-corrected chi connectivity index (χ0v) is 13.4. The summed E-state index contributed by atoms with van der Waals surface area (Å²) in [6.07, 6.45) is -4.61. The van der Waals surface area contributed by atoms with Gasteiger partial charge in [0.1, 0.15) is 0 Å². The fraction of sp³-hybridized carbons (Fsp3) is 0.118. The number of hydrogen-bond acceptors (Lipinski definition) is 5. The summed E-state index contributed by atoms with van der Waals surface area (Å²) in [4.78, 5) is 13.7. The molecule has 26 heavy (non-hydrogen) atoms. The summed E-state index contributed by atoms with van der Waals surface area (Å²) in [7, 11) is 1.36. The van der Waals surface area contributed by atoms with Crippen molar-refractivity contribution in [1.82, 2.24) is 19.9 Å². The molecule has 0 aliphatic carbocycles. The molecule has 0 saturated heterocycles. The lowest BCUT2D eigenvalue weighted by atomic mass is 10.1. The molecule has 0 saturated carbocycles. The van der Waals surface area contributed by atoms with Crippen LogP contribution < -0.4 is 10.1 Å². The Hall–Kier alpha value is -3.36. The van der Waals surface area contributed by atoms with Gasteiger partial charge in [0.25, 0.3) is 5.88 Å². The molecule has 4 rings (SSSR count). The molecule has 0 atom stereocenters. The van der Waals surface area contributed by atoms with Gasteiger partial charge in [0.15, 0.2) is 17.1 Å². The SMILES string of the molecule is COc1nc2[nH]c(C(F)(F)F)nc2nc1Nc1ccc2ccccc2c1. The van der Waals surface area contributed by atoms with E-state index in [0.717, 1.165) is 10.8 Å². The number of ether oxygens (including phenoxy) is 1. The molecule has 0 unspecified atom stereocenters. The van der Waals surface area contributed by atoms with Crippen LogP contribution in [-0.4, -0.2) is 27.0 Å². The molecular weight excluding hydrogens is 347 g/mol. The van der Waals surface area contributed by atoms with E-state index >= 15 is 0 Å². The molecule has 0 fully saturated rings. The lowest BCUT2D eigenvalue weighted by molar-refractivity contribution is -0.144. The molecular formula is C17H12F3N5O. The predicted molar refractivity (Wildman–Crippen MR) is 90.5 cm³/mol. The van der Waals surface area contributed by atoms with Crippen molar-refractivity contribution in [2.45, 2.75) is 6.18 Å². The molecule has 2 aromatic carbocycles. The number of fused-ring (bicyclic) bond motifs is 2. The van der Waals surface area contributed by atoms with Crippen molar-refractivity contribution < 1.29 is 17.9 Å². The van der Waals surface area contributed by atoms with Gasteiger partial charge in [-0.05, 0) is 22.9 Å². The molecule has 0 bridgehead atoms. The molecule has 6 nitrogen and oxygen atoms in total. The largest absolute Gasteiger partial charge is 0.478 e. The van der Waals surface area contributed by atoms with Gasteiger partial charge in [-0.15, -0.1) is 0 Å². The molecule has 0 aliphatic heterocycles. The maximum atomic E-state index is 12.8. The van der Waals surface area contributed by atoms with Gasteiger partial charge in [0, 0.05) is 5.69 Å². The number of halogens is 3. The number of imidazole rings is 1. The van der Waals surface area contributed by atoms with Crippen molar-refractivity contribution in [3.05, 3.63) is 48.3 Å². The summed E-state index contributed by atoms with van der Waals surface area (Å²) in [5.74, 6) is -0.920. The van der Waals surface area contributed by atoms with E-state index in [9.17, 15) is 13.2 Å². The molecule has 9 heteroatoms. The van der Waals surface area contributed by atoms with Crippen molar-refractivity contribution in [1.29, 1.82) is 0 Å². The number of hydrogen-bond donors (Lipinski definition) is 2. The predicted octanol–water partition coefficient (Wildman–Crippen LogP) is 4.28. The first-order valence-electron chi connectivity index (χ1n) is 7.59. The van der Waals surface area contributed by atoms with Gasteiger partial charge in [-0.1, -0.05) is 30.3 Å². The third-order valence-corrected chi connectivity index (χ3v) is 3.77. The third-order valence-electron chi connectivity index (χ3n) is 3.77. The van der Waals surface area contributed by atoms with Gasteiger partial charge in [-0.3, -0.25) is 0 Å². The second kappa shape index (κ2) is 5.87. The average molecular weight is 359 g/mol. The fourth-order valence-corrected chi connectivity index (χ4v) is 2.58. The van der Waals surface area contributed by atoms with E-state index in [2.05, 4.69) is 25.3 Å². The zero-order chi connectivity index (χ0) is 18.3. The minimum Gasteiger partial charge on any atom is -0.478 e. The summed E-state index contributed by atoms with van der Waals surface area (Å²) in [5.41, 5.74) is 0.446. The maximum absolute atomic E-state index is 12.8. The molecule has 2 aromatic heterocycles. The second-order valence-corrected chi connectivity index (χ2v) is 5.52. The van der Waals surface area contributed by atoms with Crippen molar-refractivity contribution >= 4 is 33.6 Å². The van der Waals surface area contributed by atoms with E-state index in [4.69, 9.17) is 4.74 Å². The van der Waals surface area contributed by atoms with Crippen LogP contribution in [0.5, 0.6) is 5.88 Å². The number of aromatic nitrogens is 4. The van der Waals surface area contributed by atoms with Gasteiger partial charge in [0.05, 0.1) is 7.11 Å². The van der Waals surface area contributed by atoms with Crippen LogP contribution in [0.2, 0.25) is 0 Å². The van der Waals surface area contributed by atoms with Crippen molar-refractivity contribution in [2.24, 2.45) is 0 Å². The van der Waals surface area contributed by atoms with Gasteiger partial charge < -0.3 is 15.0 Å². The van der Waals surface area contributed by atoms with Crippen LogP contribution in [-0.2, 0) is 6.18 Å². The van der Waals surface area contributed by atoms with Gasteiger partial charge in [-0.2, -0.15) is 18.2 Å². The first-order valence-corrected chi connectivity index (χ1v) is 7.59. The Morgan fingerprint density at radius 2 is 1.77 bits per heavy atom. The van der Waals surface area contributed by atoms with Crippen molar-refractivity contribution in [3.63, 3.8) is 0 Å². The monoisotopic (exact) mass is 359 g/mol. The quantitative estimate of drug-likeness (QED) is 0.571. The Balaban J connectivity index is 1.76. The molecule has 2 N–H and O–H groups in total. The Labute approximate surface area is 145 Å². The normalized spacial score (nSPS) is 11.8. The molecule has 4 aromatic rings. The third kappa shape index (κ3) is 2.87. The van der Waals surface area contributed by atoms with Crippen LogP contribution in [0.1, 0.15) is 5.82 Å². The van der Waals surface area contributed by atoms with E-state index in [1.807, 2.05) is 42.5 Å². The molecule has 132 valence electrons. The first kappa shape index (κ1) is 16.1. The van der Waals surface area contributed by atoms with Gasteiger partial charge in [-0.25, -0.2) is 9.97 Å². The highest BCUT2D eigenvalue weighted by Gasteiger charge is 2.35. The van der Waals surface area contributed by atoms with Crippen LogP contribution in [0.25, 0.3) is 22.1 Å². The standard InChI is InChI=1S/C17H12F3N5O/c1-26-15-14(21-11-7-6-9-4-2-3-5-10(9)8-11)22-12-13(23-15)25-16(24-12)17(18,19)20/h2-8H,1H3,(H2,21,22,23,24,25). The summed E-state index contributed by atoms with van der Waals surface area (Å²) in [5, 5.41) is 5.09. The topological polar surface area (TPSA) is 75.7 Å². The minimum absolute atomic E-state index is 0.0584. The highest BCUT2D eigenvalue weighted by Crippen LogP contribution is 2.31. The lowest BCUT2D eigenvalue weighted by Gasteiger charge is -2.09. The highest BCUT2D eigenvalue weighted by atomic mass is 19.4.